The second kappa shape index (κ2) is 7.87. The number of rotatable bonds is 5. The van der Waals surface area contributed by atoms with E-state index in [9.17, 15) is 24.0 Å². The van der Waals surface area contributed by atoms with Crippen LogP contribution >= 0.6 is 11.3 Å². The van der Waals surface area contributed by atoms with Gasteiger partial charge in [-0.1, -0.05) is 0 Å². The van der Waals surface area contributed by atoms with Crippen LogP contribution in [0.4, 0.5) is 9.80 Å². The number of anilines is 1. The van der Waals surface area contributed by atoms with Gasteiger partial charge in [-0.15, -0.1) is 11.3 Å². The van der Waals surface area contributed by atoms with Crippen LogP contribution in [0, 0.1) is 0 Å². The Bertz CT molecular complexity index is 815. The topological polar surface area (TPSA) is 122 Å². The van der Waals surface area contributed by atoms with Gasteiger partial charge in [-0.2, -0.15) is 0 Å². The first-order chi connectivity index (χ1) is 12.9. The van der Waals surface area contributed by atoms with Crippen LogP contribution in [0.5, 0.6) is 0 Å². The monoisotopic (exact) mass is 393 g/mol. The summed E-state index contributed by atoms with van der Waals surface area (Å²) < 4.78 is 4.73. The lowest BCUT2D eigenvalue weighted by Gasteiger charge is -2.14. The van der Waals surface area contributed by atoms with Crippen LogP contribution in [0.3, 0.4) is 0 Å². The number of ether oxygens (including phenoxy) is 1. The van der Waals surface area contributed by atoms with Gasteiger partial charge in [-0.3, -0.25) is 29.4 Å². The minimum absolute atomic E-state index is 0.104. The van der Waals surface area contributed by atoms with Gasteiger partial charge in [0.1, 0.15) is 11.5 Å². The number of aryl methyl sites for hydroxylation is 1. The van der Waals surface area contributed by atoms with Crippen LogP contribution in [0.1, 0.15) is 47.0 Å². The number of alkyl carbamates (subject to hydrolysis) is 1. The Morgan fingerprint density at radius 1 is 1.11 bits per heavy atom. The molecule has 0 saturated carbocycles. The molecule has 0 spiro atoms. The van der Waals surface area contributed by atoms with E-state index in [2.05, 4.69) is 10.6 Å². The first-order valence-corrected chi connectivity index (χ1v) is 9.48. The molecule has 2 heterocycles. The number of thiophene rings is 1. The Labute approximate surface area is 159 Å². The van der Waals surface area contributed by atoms with E-state index < -0.39 is 17.9 Å². The smallest absolute Gasteiger partial charge is 0.414 e. The Hall–Kier alpha value is -2.75. The molecular formula is C17H19N3O6S. The van der Waals surface area contributed by atoms with Gasteiger partial charge in [0, 0.05) is 17.7 Å². The number of hydrogen-bond donors (Lipinski definition) is 2. The zero-order chi connectivity index (χ0) is 19.6. The first kappa shape index (κ1) is 19.0. The van der Waals surface area contributed by atoms with Crippen LogP contribution in [0.15, 0.2) is 0 Å². The highest BCUT2D eigenvalue weighted by molar-refractivity contribution is 7.17. The number of carbonyl (C=O) groups excluding carboxylic acids is 5. The van der Waals surface area contributed by atoms with E-state index in [0.717, 1.165) is 28.2 Å². The van der Waals surface area contributed by atoms with Gasteiger partial charge in [-0.25, -0.2) is 4.79 Å². The van der Waals surface area contributed by atoms with Crippen molar-refractivity contribution in [3.63, 3.8) is 0 Å². The summed E-state index contributed by atoms with van der Waals surface area (Å²) >= 11 is 1.27. The van der Waals surface area contributed by atoms with Crippen LogP contribution in [-0.2, 0) is 32.0 Å². The van der Waals surface area contributed by atoms with Gasteiger partial charge in [0.15, 0.2) is 0 Å². The molecule has 0 radical (unpaired) electrons. The van der Waals surface area contributed by atoms with Crippen molar-refractivity contribution >= 4 is 46.1 Å². The van der Waals surface area contributed by atoms with Gasteiger partial charge in [-0.05, 0) is 31.7 Å². The predicted octanol–water partition coefficient (Wildman–Crippen LogP) is 1.21. The highest BCUT2D eigenvalue weighted by Gasteiger charge is 2.32. The largest absolute Gasteiger partial charge is 0.450 e. The first-order valence-electron chi connectivity index (χ1n) is 8.66. The molecule has 0 aromatic carbocycles. The normalized spacial score (nSPS) is 15.7. The fourth-order valence-corrected chi connectivity index (χ4v) is 4.47. The molecule has 2 N–H and O–H groups in total. The fourth-order valence-electron chi connectivity index (χ4n) is 3.16. The van der Waals surface area contributed by atoms with Crippen molar-refractivity contribution in [2.24, 2.45) is 0 Å². The molecule has 1 saturated heterocycles. The average Bonchev–Trinajstić information content (AvgIpc) is 3.25. The summed E-state index contributed by atoms with van der Waals surface area (Å²) in [5.41, 5.74) is 1.05. The molecule has 5 amide bonds. The van der Waals surface area contributed by atoms with E-state index in [1.54, 1.807) is 6.92 Å². The summed E-state index contributed by atoms with van der Waals surface area (Å²) in [6.45, 7) is 1.36. The number of nitrogens with one attached hydrogen (secondary N) is 2. The predicted molar refractivity (Wildman–Crippen MR) is 95.4 cm³/mol. The maximum atomic E-state index is 12.5. The fraction of sp³-hybridized carbons (Fsp3) is 0.471. The molecule has 0 atom stereocenters. The second-order valence-corrected chi connectivity index (χ2v) is 7.26. The standard InChI is InChI=1S/C17H19N3O6S/c1-2-26-17(25)19-15(24)14-9-4-3-5-10(9)27-16(14)18-11(21)8-20-12(22)6-7-13(20)23/h2-8H2,1H3,(H,18,21)(H,19,24,25). The van der Waals surface area contributed by atoms with Gasteiger partial charge in [0.2, 0.25) is 17.7 Å². The molecule has 9 nitrogen and oxygen atoms in total. The average molecular weight is 393 g/mol. The quantitative estimate of drug-likeness (QED) is 0.725. The third-order valence-electron chi connectivity index (χ3n) is 4.35. The van der Waals surface area contributed by atoms with Gasteiger partial charge in [0.25, 0.3) is 5.91 Å². The summed E-state index contributed by atoms with van der Waals surface area (Å²) in [5, 5.41) is 5.08. The Kier molecular flexibility index (Phi) is 5.54. The van der Waals surface area contributed by atoms with Crippen LogP contribution in [0.2, 0.25) is 0 Å². The van der Waals surface area contributed by atoms with E-state index >= 15 is 0 Å². The zero-order valence-electron chi connectivity index (χ0n) is 14.8. The van der Waals surface area contributed by atoms with Crippen LogP contribution in [-0.4, -0.2) is 47.8 Å². The summed E-state index contributed by atoms with van der Waals surface area (Å²) in [5.74, 6) is -1.98. The molecule has 2 aliphatic rings. The minimum Gasteiger partial charge on any atom is -0.450 e. The lowest BCUT2D eigenvalue weighted by atomic mass is 10.1. The van der Waals surface area contributed by atoms with Crippen molar-refractivity contribution in [1.82, 2.24) is 10.2 Å². The molecule has 27 heavy (non-hydrogen) atoms. The molecule has 3 rings (SSSR count). The third kappa shape index (κ3) is 4.00. The maximum absolute atomic E-state index is 12.5. The molecule has 1 aliphatic carbocycles. The Morgan fingerprint density at radius 2 is 1.81 bits per heavy atom. The number of hydrogen-bond acceptors (Lipinski definition) is 7. The molecule has 1 fully saturated rings. The van der Waals surface area contributed by atoms with Crippen molar-refractivity contribution in [1.29, 1.82) is 0 Å². The molecular weight excluding hydrogens is 374 g/mol. The summed E-state index contributed by atoms with van der Waals surface area (Å²) in [4.78, 5) is 61.6. The van der Waals surface area contributed by atoms with Crippen molar-refractivity contribution in [3.05, 3.63) is 16.0 Å². The second-order valence-electron chi connectivity index (χ2n) is 6.16. The molecule has 1 aromatic rings. The van der Waals surface area contributed by atoms with E-state index in [0.29, 0.717) is 11.4 Å². The number of likely N-dealkylation sites (tertiary alicyclic amines) is 1. The van der Waals surface area contributed by atoms with E-state index in [1.165, 1.54) is 11.3 Å². The SMILES string of the molecule is CCOC(=O)NC(=O)c1c(NC(=O)CN2C(=O)CCC2=O)sc2c1CCC2. The Morgan fingerprint density at radius 3 is 2.48 bits per heavy atom. The maximum Gasteiger partial charge on any atom is 0.414 e. The number of amides is 5. The summed E-state index contributed by atoms with van der Waals surface area (Å²) in [6.07, 6.45) is 1.71. The molecule has 0 unspecified atom stereocenters. The van der Waals surface area contributed by atoms with Crippen molar-refractivity contribution < 1.29 is 28.7 Å². The van der Waals surface area contributed by atoms with Crippen molar-refractivity contribution in [3.8, 4) is 0 Å². The molecule has 10 heteroatoms. The minimum atomic E-state index is -0.856. The summed E-state index contributed by atoms with van der Waals surface area (Å²) in [7, 11) is 0. The van der Waals surface area contributed by atoms with Crippen molar-refractivity contribution in [2.75, 3.05) is 18.5 Å². The highest BCUT2D eigenvalue weighted by Crippen LogP contribution is 2.39. The zero-order valence-corrected chi connectivity index (χ0v) is 15.6. The number of fused-ring (bicyclic) bond motifs is 1. The number of carbonyl (C=O) groups is 5. The van der Waals surface area contributed by atoms with Crippen LogP contribution < -0.4 is 10.6 Å². The third-order valence-corrected chi connectivity index (χ3v) is 5.56. The van der Waals surface area contributed by atoms with Gasteiger partial charge in [0.05, 0.1) is 12.2 Å². The highest BCUT2D eigenvalue weighted by atomic mass is 32.1. The van der Waals surface area contributed by atoms with Crippen molar-refractivity contribution in [2.45, 2.75) is 39.0 Å². The van der Waals surface area contributed by atoms with Crippen LogP contribution in [0.25, 0.3) is 0 Å². The molecule has 1 aromatic heterocycles. The lowest BCUT2D eigenvalue weighted by molar-refractivity contribution is -0.141. The lowest BCUT2D eigenvalue weighted by Crippen LogP contribution is -2.37. The van der Waals surface area contributed by atoms with E-state index in [4.69, 9.17) is 4.74 Å². The van der Waals surface area contributed by atoms with Gasteiger partial charge < -0.3 is 10.1 Å². The van der Waals surface area contributed by atoms with E-state index in [-0.39, 0.29) is 43.4 Å². The number of imide groups is 2. The van der Waals surface area contributed by atoms with E-state index in [1.807, 2.05) is 0 Å². The molecule has 0 bridgehead atoms. The van der Waals surface area contributed by atoms with Gasteiger partial charge >= 0.3 is 6.09 Å². The Balaban J connectivity index is 1.76. The summed E-state index contributed by atoms with van der Waals surface area (Å²) in [6, 6.07) is 0. The molecule has 1 aliphatic heterocycles. The molecule has 144 valence electrons. The number of nitrogens with zero attached hydrogens (tertiary/aromatic N) is 1.